The molecule has 5 unspecified atom stereocenters. The molecule has 17 nitrogen and oxygen atoms in total. The number of esters is 4. The minimum Gasteiger partial charge on any atom is -0.462 e. The summed E-state index contributed by atoms with van der Waals surface area (Å²) in [5.41, 5.74) is 0. The van der Waals surface area contributed by atoms with Gasteiger partial charge in [0, 0.05) is 19.3 Å². The molecule has 572 valence electrons. The fourth-order valence-corrected chi connectivity index (χ4v) is 11.4. The summed E-state index contributed by atoms with van der Waals surface area (Å²) >= 11 is 0. The lowest BCUT2D eigenvalue weighted by Gasteiger charge is -2.21. The molecule has 0 saturated heterocycles. The smallest absolute Gasteiger partial charge is 0.462 e. The van der Waals surface area contributed by atoms with Crippen molar-refractivity contribution in [3.8, 4) is 0 Å². The van der Waals surface area contributed by atoms with E-state index in [1.54, 1.807) is 6.08 Å². The summed E-state index contributed by atoms with van der Waals surface area (Å²) in [5, 5.41) is 10.6. The highest BCUT2D eigenvalue weighted by atomic mass is 31.2. The van der Waals surface area contributed by atoms with Crippen molar-refractivity contribution in [3.63, 3.8) is 0 Å². The second-order valence-corrected chi connectivity index (χ2v) is 28.1. The Hall–Kier alpha value is -4.80. The Morgan fingerprint density at radius 2 is 0.580 bits per heavy atom. The van der Waals surface area contributed by atoms with E-state index < -0.39 is 97.5 Å². The van der Waals surface area contributed by atoms with Crippen molar-refractivity contribution < 1.29 is 80.2 Å². The molecule has 0 aromatic heterocycles. The Morgan fingerprint density at radius 1 is 0.300 bits per heavy atom. The van der Waals surface area contributed by atoms with Gasteiger partial charge >= 0.3 is 39.5 Å². The molecular weight excluding hydrogens is 1310 g/mol. The number of aliphatic hydroxyl groups is 1. The van der Waals surface area contributed by atoms with E-state index in [2.05, 4.69) is 137 Å². The van der Waals surface area contributed by atoms with Gasteiger partial charge in [0.1, 0.15) is 19.3 Å². The van der Waals surface area contributed by atoms with Crippen LogP contribution in [-0.4, -0.2) is 96.7 Å². The van der Waals surface area contributed by atoms with Crippen LogP contribution in [0.5, 0.6) is 0 Å². The number of aliphatic hydroxyl groups excluding tert-OH is 1. The van der Waals surface area contributed by atoms with Crippen LogP contribution in [0.15, 0.2) is 134 Å². The highest BCUT2D eigenvalue weighted by molar-refractivity contribution is 7.47. The summed E-state index contributed by atoms with van der Waals surface area (Å²) in [6, 6.07) is 0. The van der Waals surface area contributed by atoms with Crippen molar-refractivity contribution in [2.45, 2.75) is 316 Å². The van der Waals surface area contributed by atoms with Crippen LogP contribution in [0.4, 0.5) is 0 Å². The number of ether oxygens (including phenoxy) is 4. The number of rotatable bonds is 71. The van der Waals surface area contributed by atoms with Crippen LogP contribution in [0.3, 0.4) is 0 Å². The number of phosphoric acid groups is 2. The molecule has 0 rings (SSSR count). The van der Waals surface area contributed by atoms with Crippen molar-refractivity contribution in [2.75, 3.05) is 39.6 Å². The molecule has 5 atom stereocenters. The summed E-state index contributed by atoms with van der Waals surface area (Å²) < 4.78 is 68.3. The van der Waals surface area contributed by atoms with Gasteiger partial charge in [0.15, 0.2) is 12.2 Å². The van der Waals surface area contributed by atoms with Crippen molar-refractivity contribution in [1.82, 2.24) is 0 Å². The Bertz CT molecular complexity index is 2420. The van der Waals surface area contributed by atoms with Crippen LogP contribution in [0.1, 0.15) is 297 Å². The molecule has 0 heterocycles. The summed E-state index contributed by atoms with van der Waals surface area (Å²) in [6.45, 7) is 4.43. The first kappa shape index (κ1) is 95.2. The molecule has 0 aliphatic rings. The average Bonchev–Trinajstić information content (AvgIpc) is 0.937. The Balaban J connectivity index is 5.44. The second kappa shape index (κ2) is 72.5. The third-order valence-corrected chi connectivity index (χ3v) is 17.5. The van der Waals surface area contributed by atoms with Gasteiger partial charge in [-0.05, 0) is 116 Å². The third-order valence-electron chi connectivity index (χ3n) is 15.6. The van der Waals surface area contributed by atoms with Crippen LogP contribution in [-0.2, 0) is 65.4 Å². The van der Waals surface area contributed by atoms with Gasteiger partial charge < -0.3 is 33.8 Å². The van der Waals surface area contributed by atoms with Crippen LogP contribution in [0.25, 0.3) is 0 Å². The van der Waals surface area contributed by atoms with E-state index >= 15 is 0 Å². The highest BCUT2D eigenvalue weighted by Crippen LogP contribution is 2.45. The molecule has 3 N–H and O–H groups in total. The lowest BCUT2D eigenvalue weighted by molar-refractivity contribution is -0.161. The molecule has 100 heavy (non-hydrogen) atoms. The zero-order chi connectivity index (χ0) is 73.2. The fourth-order valence-electron chi connectivity index (χ4n) is 9.85. The van der Waals surface area contributed by atoms with E-state index in [-0.39, 0.29) is 25.7 Å². The number of carbonyl (C=O) groups excluding carboxylic acids is 4. The normalized spacial score (nSPS) is 14.7. The molecule has 0 aromatic rings. The minimum absolute atomic E-state index is 0.0561. The molecule has 0 saturated carbocycles. The first-order chi connectivity index (χ1) is 48.7. The molecule has 0 fully saturated rings. The molecule has 0 aliphatic heterocycles. The van der Waals surface area contributed by atoms with Gasteiger partial charge in [-0.2, -0.15) is 0 Å². The van der Waals surface area contributed by atoms with E-state index in [1.165, 1.54) is 64.2 Å². The van der Waals surface area contributed by atoms with Crippen molar-refractivity contribution in [3.05, 3.63) is 134 Å². The van der Waals surface area contributed by atoms with E-state index in [9.17, 15) is 43.2 Å². The lowest BCUT2D eigenvalue weighted by Crippen LogP contribution is -2.30. The molecule has 0 aliphatic carbocycles. The summed E-state index contributed by atoms with van der Waals surface area (Å²) in [7, 11) is -9.99. The number of hydrogen-bond acceptors (Lipinski definition) is 15. The highest BCUT2D eigenvalue weighted by Gasteiger charge is 2.30. The van der Waals surface area contributed by atoms with Gasteiger partial charge in [0.25, 0.3) is 0 Å². The van der Waals surface area contributed by atoms with Gasteiger partial charge in [-0.15, -0.1) is 0 Å². The predicted molar refractivity (Wildman–Crippen MR) is 408 cm³/mol. The molecule has 0 aromatic carbocycles. The molecule has 19 heteroatoms. The molecule has 0 bridgehead atoms. The largest absolute Gasteiger partial charge is 0.472 e. The van der Waals surface area contributed by atoms with Crippen LogP contribution in [0, 0.1) is 0 Å². The SMILES string of the molecule is CC/C=C\C/C=C\C/C=C\C/C=C\C/C=C\CC(=O)OCC(COP(=O)(O)OCC(O)COP(=O)(O)OCC(COC(=O)CCCCCC/C=C\C/C=C\C/C=C\C/C=C\CC)OC(=O)CCCCCCCCCCCCCCCCC)OC(=O)CCCCCCC/C=C\C/C=C\CCC. The van der Waals surface area contributed by atoms with Crippen LogP contribution >= 0.6 is 15.6 Å². The topological polar surface area (TPSA) is 237 Å². The lowest BCUT2D eigenvalue weighted by atomic mass is 10.0. The zero-order valence-corrected chi connectivity index (χ0v) is 64.1. The van der Waals surface area contributed by atoms with E-state index in [0.29, 0.717) is 25.7 Å². The maximum absolute atomic E-state index is 13.1. The van der Waals surface area contributed by atoms with E-state index in [1.807, 2.05) is 18.2 Å². The number of unbranched alkanes of at least 4 members (excludes halogenated alkanes) is 24. The first-order valence-electron chi connectivity index (χ1n) is 38.4. The van der Waals surface area contributed by atoms with E-state index in [4.69, 9.17) is 37.0 Å². The first-order valence-corrected chi connectivity index (χ1v) is 41.4. The maximum Gasteiger partial charge on any atom is 0.472 e. The standard InChI is InChI=1S/C81H136O17P2/c1-5-9-13-17-21-25-29-33-36-37-40-43-46-50-54-58-62-66-79(84)92-72-77(98-81(86)68-64-60-56-52-48-44-39-35-31-27-23-19-15-11-7-3)74-96-100(89,90)94-70-75(82)69-93-99(87,88)95-73-76(97-80(85)67-63-59-55-51-47-41-32-28-24-20-16-12-8-4)71-91-78(83)65-61-57-53-49-45-42-38-34-30-26-22-18-14-10-6-2/h9-10,13-14,16,20-22,25-26,28,32-34,36,38,40,43,45,49,57,61,75-77,82H,5-8,11-12,15,17-19,23-24,27,29-31,35,37,39,41-42,44,46-48,50-56,58-60,62-74H2,1-4H3,(H,87,88)(H,89,90)/b13-9-,14-10-,20-16-,25-21-,26-22-,32-28-,36-33-,38-34-,43-40-,49-45-,61-57-. The average molecular weight is 1440 g/mol. The zero-order valence-electron chi connectivity index (χ0n) is 62.3. The number of phosphoric ester groups is 2. The van der Waals surface area contributed by atoms with Crippen LogP contribution in [0.2, 0.25) is 0 Å². The van der Waals surface area contributed by atoms with E-state index in [0.717, 1.165) is 154 Å². The summed E-state index contributed by atoms with van der Waals surface area (Å²) in [4.78, 5) is 72.8. The van der Waals surface area contributed by atoms with Crippen LogP contribution < -0.4 is 0 Å². The Kier molecular flexibility index (Phi) is 69.1. The van der Waals surface area contributed by atoms with Crippen molar-refractivity contribution in [1.29, 1.82) is 0 Å². The Morgan fingerprint density at radius 3 is 0.930 bits per heavy atom. The minimum atomic E-state index is -5.00. The monoisotopic (exact) mass is 1440 g/mol. The quantitative estimate of drug-likeness (QED) is 0.0169. The predicted octanol–water partition coefficient (Wildman–Crippen LogP) is 22.1. The Labute approximate surface area is 605 Å². The van der Waals surface area contributed by atoms with Gasteiger partial charge in [-0.3, -0.25) is 37.3 Å². The van der Waals surface area contributed by atoms with Crippen molar-refractivity contribution in [2.24, 2.45) is 0 Å². The summed E-state index contributed by atoms with van der Waals surface area (Å²) in [6.07, 6.45) is 80.4. The van der Waals surface area contributed by atoms with Gasteiger partial charge in [0.05, 0.1) is 32.8 Å². The number of carbonyl (C=O) groups is 4. The third kappa shape index (κ3) is 71.6. The second-order valence-electron chi connectivity index (χ2n) is 25.2. The molecular formula is C81H136O17P2. The summed E-state index contributed by atoms with van der Waals surface area (Å²) in [5.74, 6) is -2.36. The molecule has 0 radical (unpaired) electrons. The maximum atomic E-state index is 13.1. The van der Waals surface area contributed by atoms with Gasteiger partial charge in [-0.25, -0.2) is 9.13 Å². The number of hydrogen-bond donors (Lipinski definition) is 3. The molecule has 0 amide bonds. The number of allylic oxidation sites excluding steroid dienone is 21. The molecule has 0 spiro atoms. The fraction of sp³-hybridized carbons (Fsp3) is 0.679. The van der Waals surface area contributed by atoms with Crippen molar-refractivity contribution >= 4 is 39.5 Å². The van der Waals surface area contributed by atoms with Gasteiger partial charge in [0.2, 0.25) is 0 Å². The van der Waals surface area contributed by atoms with Gasteiger partial charge in [-0.1, -0.05) is 290 Å².